The molecule has 1 heterocycles. The molecule has 1 aliphatic rings. The Balaban J connectivity index is 1.85. The van der Waals surface area contributed by atoms with Crippen LogP contribution in [0.15, 0.2) is 6.33 Å². The van der Waals surface area contributed by atoms with Gasteiger partial charge in [0, 0.05) is 19.1 Å². The number of hydrogen-bond acceptors (Lipinski definition) is 5. The third-order valence-corrected chi connectivity index (χ3v) is 3.96. The van der Waals surface area contributed by atoms with E-state index < -0.39 is 0 Å². The Bertz CT molecular complexity index is 435. The minimum atomic E-state index is 0.191. The first-order valence-corrected chi connectivity index (χ1v) is 7.00. The molecule has 19 heavy (non-hydrogen) atoms. The highest BCUT2D eigenvalue weighted by molar-refractivity contribution is 6.32. The number of aldehydes is 1. The number of carbonyl (C=O) groups excluding carboxylic acids is 1. The summed E-state index contributed by atoms with van der Waals surface area (Å²) in [6, 6.07) is 0.696. The second kappa shape index (κ2) is 6.82. The standard InChI is InChI=1S/C13H19ClN4O/c1-18(10-4-2-3-5-10)7-6-15-13-11(8-19)12(14)16-9-17-13/h8-10H,2-7H2,1H3,(H,15,16,17). The van der Waals surface area contributed by atoms with E-state index in [1.165, 1.54) is 32.0 Å². The average Bonchev–Trinajstić information content (AvgIpc) is 2.93. The summed E-state index contributed by atoms with van der Waals surface area (Å²) in [4.78, 5) is 21.1. The summed E-state index contributed by atoms with van der Waals surface area (Å²) in [6.07, 6.45) is 7.28. The van der Waals surface area contributed by atoms with E-state index in [4.69, 9.17) is 11.6 Å². The van der Waals surface area contributed by atoms with Crippen LogP contribution in [0.3, 0.4) is 0 Å². The number of likely N-dealkylation sites (N-methyl/N-ethyl adjacent to an activating group) is 1. The van der Waals surface area contributed by atoms with E-state index >= 15 is 0 Å². The first-order valence-electron chi connectivity index (χ1n) is 6.62. The van der Waals surface area contributed by atoms with Gasteiger partial charge in [-0.3, -0.25) is 4.79 Å². The Kier molecular flexibility index (Phi) is 5.10. The fourth-order valence-corrected chi connectivity index (χ4v) is 2.68. The molecule has 1 N–H and O–H groups in total. The summed E-state index contributed by atoms with van der Waals surface area (Å²) in [5.41, 5.74) is 0.327. The fraction of sp³-hybridized carbons (Fsp3) is 0.615. The second-order valence-electron chi connectivity index (χ2n) is 4.89. The molecule has 0 amide bonds. The maximum Gasteiger partial charge on any atom is 0.156 e. The Labute approximate surface area is 118 Å². The molecule has 0 bridgehead atoms. The lowest BCUT2D eigenvalue weighted by atomic mass is 10.2. The zero-order valence-electron chi connectivity index (χ0n) is 11.1. The number of nitrogens with zero attached hydrogens (tertiary/aromatic N) is 3. The summed E-state index contributed by atoms with van der Waals surface area (Å²) in [6.45, 7) is 1.66. The fourth-order valence-electron chi connectivity index (χ4n) is 2.50. The quantitative estimate of drug-likeness (QED) is 0.640. The van der Waals surface area contributed by atoms with Crippen LogP contribution in [-0.4, -0.2) is 47.3 Å². The molecule has 1 aromatic rings. The van der Waals surface area contributed by atoms with E-state index in [9.17, 15) is 4.79 Å². The first-order chi connectivity index (χ1) is 9.22. The van der Waals surface area contributed by atoms with Gasteiger partial charge >= 0.3 is 0 Å². The van der Waals surface area contributed by atoms with Crippen LogP contribution in [0.25, 0.3) is 0 Å². The van der Waals surface area contributed by atoms with Crippen LogP contribution in [-0.2, 0) is 0 Å². The van der Waals surface area contributed by atoms with Crippen molar-refractivity contribution >= 4 is 23.7 Å². The molecule has 1 saturated carbocycles. The van der Waals surface area contributed by atoms with Crippen molar-refractivity contribution in [1.29, 1.82) is 0 Å². The Morgan fingerprint density at radius 1 is 1.47 bits per heavy atom. The van der Waals surface area contributed by atoms with Crippen LogP contribution >= 0.6 is 11.6 Å². The van der Waals surface area contributed by atoms with Gasteiger partial charge in [-0.05, 0) is 19.9 Å². The van der Waals surface area contributed by atoms with Gasteiger partial charge in [-0.15, -0.1) is 0 Å². The van der Waals surface area contributed by atoms with Crippen LogP contribution in [0, 0.1) is 0 Å². The highest BCUT2D eigenvalue weighted by Crippen LogP contribution is 2.22. The monoisotopic (exact) mass is 282 g/mol. The molecule has 0 unspecified atom stereocenters. The molecule has 1 fully saturated rings. The van der Waals surface area contributed by atoms with Crippen molar-refractivity contribution in [1.82, 2.24) is 14.9 Å². The van der Waals surface area contributed by atoms with Crippen LogP contribution in [0.1, 0.15) is 36.0 Å². The molecule has 2 rings (SSSR count). The van der Waals surface area contributed by atoms with Gasteiger partial charge in [-0.25, -0.2) is 9.97 Å². The Morgan fingerprint density at radius 2 is 2.21 bits per heavy atom. The van der Waals surface area contributed by atoms with Crippen molar-refractivity contribution in [2.24, 2.45) is 0 Å². The minimum Gasteiger partial charge on any atom is -0.368 e. The van der Waals surface area contributed by atoms with Crippen molar-refractivity contribution < 1.29 is 4.79 Å². The third kappa shape index (κ3) is 3.64. The molecule has 104 valence electrons. The van der Waals surface area contributed by atoms with Gasteiger partial charge in [0.25, 0.3) is 0 Å². The Morgan fingerprint density at radius 3 is 2.89 bits per heavy atom. The number of halogens is 1. The lowest BCUT2D eigenvalue weighted by Gasteiger charge is -2.24. The predicted molar refractivity (Wildman–Crippen MR) is 75.8 cm³/mol. The van der Waals surface area contributed by atoms with E-state index in [-0.39, 0.29) is 5.15 Å². The van der Waals surface area contributed by atoms with Gasteiger partial charge < -0.3 is 10.2 Å². The zero-order chi connectivity index (χ0) is 13.7. The minimum absolute atomic E-state index is 0.191. The van der Waals surface area contributed by atoms with E-state index in [1.807, 2.05) is 0 Å². The summed E-state index contributed by atoms with van der Waals surface area (Å²) < 4.78 is 0. The Hall–Kier alpha value is -1.20. The first kappa shape index (κ1) is 14.2. The van der Waals surface area contributed by atoms with Gasteiger partial charge in [-0.1, -0.05) is 24.4 Å². The van der Waals surface area contributed by atoms with E-state index in [0.29, 0.717) is 23.7 Å². The molecule has 6 heteroatoms. The smallest absolute Gasteiger partial charge is 0.156 e. The number of rotatable bonds is 6. The lowest BCUT2D eigenvalue weighted by molar-refractivity contribution is 0.112. The molecule has 0 aliphatic heterocycles. The largest absolute Gasteiger partial charge is 0.368 e. The predicted octanol–water partition coefficient (Wildman–Crippen LogP) is 2.23. The molecule has 0 saturated heterocycles. The van der Waals surface area contributed by atoms with Crippen LogP contribution in [0.5, 0.6) is 0 Å². The van der Waals surface area contributed by atoms with Crippen molar-refractivity contribution in [3.8, 4) is 0 Å². The van der Waals surface area contributed by atoms with E-state index in [0.717, 1.165) is 13.1 Å². The van der Waals surface area contributed by atoms with Crippen LogP contribution < -0.4 is 5.32 Å². The number of nitrogens with one attached hydrogen (secondary N) is 1. The van der Waals surface area contributed by atoms with E-state index in [2.05, 4.69) is 27.2 Å². The van der Waals surface area contributed by atoms with Crippen molar-refractivity contribution in [3.05, 3.63) is 17.0 Å². The number of aromatic nitrogens is 2. The van der Waals surface area contributed by atoms with Crippen LogP contribution in [0.4, 0.5) is 5.82 Å². The topological polar surface area (TPSA) is 58.1 Å². The summed E-state index contributed by atoms with van der Waals surface area (Å²) >= 11 is 5.84. The molecular formula is C13H19ClN4O. The second-order valence-corrected chi connectivity index (χ2v) is 5.25. The van der Waals surface area contributed by atoms with Crippen molar-refractivity contribution in [2.75, 3.05) is 25.5 Å². The van der Waals surface area contributed by atoms with Gasteiger partial charge in [0.1, 0.15) is 17.3 Å². The van der Waals surface area contributed by atoms with E-state index in [1.54, 1.807) is 0 Å². The summed E-state index contributed by atoms with van der Waals surface area (Å²) in [5, 5.41) is 3.34. The van der Waals surface area contributed by atoms with Gasteiger partial charge in [0.15, 0.2) is 6.29 Å². The molecule has 0 atom stereocenters. The SMILES string of the molecule is CN(CCNc1ncnc(Cl)c1C=O)C1CCCC1. The average molecular weight is 283 g/mol. The molecule has 1 aliphatic carbocycles. The molecular weight excluding hydrogens is 264 g/mol. The van der Waals surface area contributed by atoms with Gasteiger partial charge in [0.2, 0.25) is 0 Å². The summed E-state index contributed by atoms with van der Waals surface area (Å²) in [7, 11) is 2.14. The molecule has 1 aromatic heterocycles. The maximum absolute atomic E-state index is 10.9. The van der Waals surface area contributed by atoms with Gasteiger partial charge in [0.05, 0.1) is 5.56 Å². The number of hydrogen-bond donors (Lipinski definition) is 1. The normalized spacial score (nSPS) is 15.9. The lowest BCUT2D eigenvalue weighted by Crippen LogP contribution is -2.33. The van der Waals surface area contributed by atoms with Crippen molar-refractivity contribution in [2.45, 2.75) is 31.7 Å². The number of carbonyl (C=O) groups is 1. The van der Waals surface area contributed by atoms with Crippen molar-refractivity contribution in [3.63, 3.8) is 0 Å². The van der Waals surface area contributed by atoms with Crippen LogP contribution in [0.2, 0.25) is 5.15 Å². The molecule has 0 spiro atoms. The highest BCUT2D eigenvalue weighted by atomic mass is 35.5. The highest BCUT2D eigenvalue weighted by Gasteiger charge is 2.19. The van der Waals surface area contributed by atoms with Gasteiger partial charge in [-0.2, -0.15) is 0 Å². The number of anilines is 1. The molecule has 5 nitrogen and oxygen atoms in total. The molecule has 0 radical (unpaired) electrons. The maximum atomic E-state index is 10.9. The zero-order valence-corrected chi connectivity index (χ0v) is 11.9. The third-order valence-electron chi connectivity index (χ3n) is 3.66. The molecule has 0 aromatic carbocycles. The summed E-state index contributed by atoms with van der Waals surface area (Å²) in [5.74, 6) is 0.509.